The molecule has 0 atom stereocenters. The Morgan fingerprint density at radius 1 is 1.45 bits per heavy atom. The summed E-state index contributed by atoms with van der Waals surface area (Å²) in [5.41, 5.74) is 0.463. The minimum atomic E-state index is -2.48. The van der Waals surface area contributed by atoms with Crippen LogP contribution in [0, 0.1) is 0 Å². The van der Waals surface area contributed by atoms with Gasteiger partial charge in [0.15, 0.2) is 0 Å². The van der Waals surface area contributed by atoms with Crippen LogP contribution in [0.25, 0.3) is 0 Å². The zero-order valence-corrected chi connectivity index (χ0v) is 7.18. The third-order valence-corrected chi connectivity index (χ3v) is 1.76. The molecule has 1 aromatic heterocycles. The highest BCUT2D eigenvalue weighted by Crippen LogP contribution is 2.16. The lowest BCUT2D eigenvalue weighted by atomic mass is 10.3. The first kappa shape index (κ1) is 8.59. The molecule has 0 aliphatic rings. The zero-order valence-electron chi connectivity index (χ0n) is 5.60. The molecule has 0 saturated heterocycles. The van der Waals surface area contributed by atoms with E-state index in [4.69, 9.17) is 0 Å². The predicted molar refractivity (Wildman–Crippen MR) is 41.8 cm³/mol. The molecule has 0 bridgehead atoms. The highest BCUT2D eigenvalue weighted by Gasteiger charge is 2.07. The summed E-state index contributed by atoms with van der Waals surface area (Å²) in [5.74, 6) is 0. The third kappa shape index (κ3) is 2.22. The van der Waals surface area contributed by atoms with Gasteiger partial charge in [-0.05, 0) is 12.1 Å². The van der Waals surface area contributed by atoms with Crippen molar-refractivity contribution >= 4 is 15.9 Å². The van der Waals surface area contributed by atoms with E-state index >= 15 is 0 Å². The van der Waals surface area contributed by atoms with Crippen molar-refractivity contribution in [2.24, 2.45) is 0 Å². The van der Waals surface area contributed by atoms with E-state index in [0.29, 0.717) is 11.0 Å². The van der Waals surface area contributed by atoms with Gasteiger partial charge in [-0.15, -0.1) is 0 Å². The van der Waals surface area contributed by atoms with Crippen LogP contribution in [0.15, 0.2) is 18.2 Å². The number of aromatic nitrogens is 1. The van der Waals surface area contributed by atoms with Crippen molar-refractivity contribution < 1.29 is 8.78 Å². The predicted octanol–water partition coefficient (Wildman–Crippen LogP) is 2.91. The van der Waals surface area contributed by atoms with E-state index in [9.17, 15) is 8.78 Å². The number of hydrogen-bond acceptors (Lipinski definition) is 1. The maximum absolute atomic E-state index is 12.0. The van der Waals surface area contributed by atoms with Gasteiger partial charge in [-0.25, -0.2) is 8.78 Å². The summed E-state index contributed by atoms with van der Waals surface area (Å²) in [4.78, 5) is 3.69. The number of alkyl halides is 3. The molecule has 11 heavy (non-hydrogen) atoms. The van der Waals surface area contributed by atoms with Crippen molar-refractivity contribution in [3.8, 4) is 0 Å². The molecule has 0 aliphatic carbocycles. The molecule has 0 aliphatic heterocycles. The van der Waals surface area contributed by atoms with E-state index in [2.05, 4.69) is 20.9 Å². The molecule has 4 heteroatoms. The number of hydrogen-bond donors (Lipinski definition) is 0. The third-order valence-electron chi connectivity index (χ3n) is 1.19. The molecule has 0 fully saturated rings. The fourth-order valence-corrected chi connectivity index (χ4v) is 1.01. The van der Waals surface area contributed by atoms with Crippen molar-refractivity contribution in [3.63, 3.8) is 0 Å². The molecular formula is C7H6BrF2N. The fraction of sp³-hybridized carbons (Fsp3) is 0.286. The minimum Gasteiger partial charge on any atom is -0.251 e. The topological polar surface area (TPSA) is 12.9 Å². The molecule has 1 heterocycles. The quantitative estimate of drug-likeness (QED) is 0.701. The van der Waals surface area contributed by atoms with Crippen LogP contribution in [0.5, 0.6) is 0 Å². The van der Waals surface area contributed by atoms with Crippen molar-refractivity contribution in [3.05, 3.63) is 29.6 Å². The molecule has 0 amide bonds. The zero-order chi connectivity index (χ0) is 8.27. The Kier molecular flexibility index (Phi) is 2.93. The maximum atomic E-state index is 12.0. The molecule has 0 radical (unpaired) electrons. The highest BCUT2D eigenvalue weighted by atomic mass is 79.9. The first-order valence-corrected chi connectivity index (χ1v) is 4.16. The van der Waals surface area contributed by atoms with E-state index in [1.54, 1.807) is 12.1 Å². The second-order valence-corrected chi connectivity index (χ2v) is 2.55. The minimum absolute atomic E-state index is 0.165. The molecule has 0 saturated carbocycles. The molecule has 1 nitrogen and oxygen atoms in total. The molecule has 0 N–H and O–H groups in total. The van der Waals surface area contributed by atoms with Gasteiger partial charge < -0.3 is 0 Å². The van der Waals surface area contributed by atoms with Gasteiger partial charge >= 0.3 is 0 Å². The summed E-state index contributed by atoms with van der Waals surface area (Å²) in [7, 11) is 0. The van der Waals surface area contributed by atoms with Gasteiger partial charge in [0, 0.05) is 5.33 Å². The lowest BCUT2D eigenvalue weighted by Crippen LogP contribution is -1.92. The molecule has 0 aromatic carbocycles. The van der Waals surface area contributed by atoms with Gasteiger partial charge in [-0.3, -0.25) is 4.98 Å². The number of halogens is 3. The molecule has 0 spiro atoms. The average molecular weight is 222 g/mol. The van der Waals surface area contributed by atoms with Gasteiger partial charge in [0.25, 0.3) is 6.43 Å². The second kappa shape index (κ2) is 3.76. The Labute approximate surface area is 71.6 Å². The first-order chi connectivity index (χ1) is 5.24. The van der Waals surface area contributed by atoms with Gasteiger partial charge in [0.2, 0.25) is 0 Å². The molecule has 0 unspecified atom stereocenters. The van der Waals surface area contributed by atoms with E-state index in [1.165, 1.54) is 6.07 Å². The van der Waals surface area contributed by atoms with E-state index in [1.807, 2.05) is 0 Å². The monoisotopic (exact) mass is 221 g/mol. The Morgan fingerprint density at radius 2 is 2.18 bits per heavy atom. The van der Waals surface area contributed by atoms with E-state index in [-0.39, 0.29) is 5.69 Å². The lowest BCUT2D eigenvalue weighted by molar-refractivity contribution is 0.146. The summed E-state index contributed by atoms with van der Waals surface area (Å²) in [6.07, 6.45) is -2.48. The van der Waals surface area contributed by atoms with Crippen LogP contribution in [0.4, 0.5) is 8.78 Å². The Morgan fingerprint density at radius 3 is 2.73 bits per heavy atom. The Balaban J connectivity index is 2.91. The normalized spacial score (nSPS) is 10.5. The van der Waals surface area contributed by atoms with Gasteiger partial charge in [-0.1, -0.05) is 22.0 Å². The van der Waals surface area contributed by atoms with E-state index < -0.39 is 6.43 Å². The van der Waals surface area contributed by atoms with Crippen molar-refractivity contribution in [1.29, 1.82) is 0 Å². The lowest BCUT2D eigenvalue weighted by Gasteiger charge is -1.99. The van der Waals surface area contributed by atoms with E-state index in [0.717, 1.165) is 0 Å². The van der Waals surface area contributed by atoms with Crippen LogP contribution >= 0.6 is 15.9 Å². The highest BCUT2D eigenvalue weighted by molar-refractivity contribution is 9.08. The Hall–Kier alpha value is -0.510. The fourth-order valence-electron chi connectivity index (χ4n) is 0.694. The first-order valence-electron chi connectivity index (χ1n) is 3.04. The van der Waals surface area contributed by atoms with Crippen LogP contribution in [0.1, 0.15) is 17.8 Å². The van der Waals surface area contributed by atoms with Crippen LogP contribution in [0.2, 0.25) is 0 Å². The second-order valence-electron chi connectivity index (χ2n) is 1.99. The summed E-state index contributed by atoms with van der Waals surface area (Å²) in [6.45, 7) is 0. The summed E-state index contributed by atoms with van der Waals surface area (Å²) < 4.78 is 24.0. The van der Waals surface area contributed by atoms with Gasteiger partial charge in [0.05, 0.1) is 5.69 Å². The molecule has 1 rings (SSSR count). The maximum Gasteiger partial charge on any atom is 0.280 e. The SMILES string of the molecule is FC(F)c1cccc(CBr)n1. The smallest absolute Gasteiger partial charge is 0.251 e. The largest absolute Gasteiger partial charge is 0.280 e. The number of pyridine rings is 1. The van der Waals surface area contributed by atoms with Gasteiger partial charge in [0.1, 0.15) is 5.69 Å². The van der Waals surface area contributed by atoms with Crippen molar-refractivity contribution in [2.45, 2.75) is 11.8 Å². The summed E-state index contributed by atoms with van der Waals surface area (Å²) in [6, 6.07) is 4.59. The molecular weight excluding hydrogens is 216 g/mol. The van der Waals surface area contributed by atoms with Crippen LogP contribution < -0.4 is 0 Å². The molecule has 60 valence electrons. The number of rotatable bonds is 2. The van der Waals surface area contributed by atoms with Crippen molar-refractivity contribution in [2.75, 3.05) is 0 Å². The number of nitrogens with zero attached hydrogens (tertiary/aromatic N) is 1. The molecule has 1 aromatic rings. The summed E-state index contributed by atoms with van der Waals surface area (Å²) >= 11 is 3.13. The average Bonchev–Trinajstić information content (AvgIpc) is 2.05. The van der Waals surface area contributed by atoms with Gasteiger partial charge in [-0.2, -0.15) is 0 Å². The summed E-state index contributed by atoms with van der Waals surface area (Å²) in [5, 5.41) is 0.507. The Bertz CT molecular complexity index is 240. The van der Waals surface area contributed by atoms with Crippen LogP contribution in [0.3, 0.4) is 0 Å². The standard InChI is InChI=1S/C7H6BrF2N/c8-4-5-2-1-3-6(11-5)7(9)10/h1-3,7H,4H2. The van der Waals surface area contributed by atoms with Crippen LogP contribution in [-0.2, 0) is 5.33 Å². The van der Waals surface area contributed by atoms with Crippen molar-refractivity contribution in [1.82, 2.24) is 4.98 Å². The van der Waals surface area contributed by atoms with Crippen LogP contribution in [-0.4, -0.2) is 4.98 Å².